The van der Waals surface area contributed by atoms with Gasteiger partial charge in [-0.3, -0.25) is 0 Å². The Morgan fingerprint density at radius 3 is 1.36 bits per heavy atom. The van der Waals surface area contributed by atoms with Crippen LogP contribution in [0, 0.1) is 0 Å². The van der Waals surface area contributed by atoms with Crippen LogP contribution in [0.2, 0.25) is 0 Å². The fourth-order valence-corrected chi connectivity index (χ4v) is 10.3. The summed E-state index contributed by atoms with van der Waals surface area (Å²) in [6.07, 6.45) is 0. The highest BCUT2D eigenvalue weighted by atomic mass is 15.1. The van der Waals surface area contributed by atoms with Crippen LogP contribution in [0.3, 0.4) is 0 Å². The van der Waals surface area contributed by atoms with Crippen molar-refractivity contribution >= 4 is 103 Å². The van der Waals surface area contributed by atoms with E-state index in [0.717, 1.165) is 17.1 Å². The minimum atomic E-state index is 1.11. The zero-order valence-electron chi connectivity index (χ0n) is 33.3. The quantitative estimate of drug-likeness (QED) is 0.158. The number of fused-ring (bicyclic) bond motifs is 4. The van der Waals surface area contributed by atoms with Crippen molar-refractivity contribution in [2.75, 3.05) is 4.90 Å². The standard InChI is InChI=1S/C60H37N/c1-2-12-44-36-45(27-24-38(44)10-1)39-28-32-47(33-29-39)61(48-34-30-41(31-35-48)50-18-5-13-40-11-3-4-17-49(40)50)56-37-46-16-8-21-52-51-19-6-14-42-25-26-43-15-7-20-53(58(43)57(42)51)54-22-9-23-55(56)60(54)59(46)52/h1-37H. The van der Waals surface area contributed by atoms with Crippen molar-refractivity contribution in [3.05, 3.63) is 224 Å². The van der Waals surface area contributed by atoms with Gasteiger partial charge in [-0.1, -0.05) is 188 Å². The maximum Gasteiger partial charge on any atom is 0.0546 e. The van der Waals surface area contributed by atoms with Gasteiger partial charge in [0.2, 0.25) is 0 Å². The first-order chi connectivity index (χ1) is 30.2. The molecule has 0 amide bonds. The summed E-state index contributed by atoms with van der Waals surface area (Å²) in [7, 11) is 0. The van der Waals surface area contributed by atoms with Gasteiger partial charge in [-0.05, 0) is 134 Å². The molecular weight excluding hydrogens is 735 g/mol. The Hall–Kier alpha value is -8.00. The summed E-state index contributed by atoms with van der Waals surface area (Å²) < 4.78 is 0. The van der Waals surface area contributed by atoms with Crippen LogP contribution in [0.25, 0.3) is 108 Å². The van der Waals surface area contributed by atoms with Gasteiger partial charge < -0.3 is 4.90 Å². The largest absolute Gasteiger partial charge is 0.310 e. The van der Waals surface area contributed by atoms with Crippen molar-refractivity contribution in [2.24, 2.45) is 0 Å². The molecule has 282 valence electrons. The molecule has 0 aliphatic heterocycles. The number of rotatable bonds is 5. The SMILES string of the molecule is c1ccc2cc(-c3ccc(N(c4ccc(-c5cccc6ccccc56)cc4)c4cc5cccc6c7cccc8ccc9cccc(c%10cccc4c%10c56)c9c87)cc3)ccc2c1. The summed E-state index contributed by atoms with van der Waals surface area (Å²) in [4.78, 5) is 2.47. The second-order valence-corrected chi connectivity index (χ2v) is 16.4. The van der Waals surface area contributed by atoms with E-state index in [1.54, 1.807) is 0 Å². The van der Waals surface area contributed by atoms with E-state index in [-0.39, 0.29) is 0 Å². The fraction of sp³-hybridized carbons (Fsp3) is 0. The molecular formula is C60H37N. The maximum atomic E-state index is 2.47. The van der Waals surface area contributed by atoms with Crippen LogP contribution in [0.4, 0.5) is 17.1 Å². The molecule has 0 saturated heterocycles. The number of anilines is 3. The zero-order valence-corrected chi connectivity index (χ0v) is 33.3. The molecule has 0 bridgehead atoms. The summed E-state index contributed by atoms with van der Waals surface area (Å²) in [6, 6.07) is 83.3. The maximum absolute atomic E-state index is 2.47. The van der Waals surface area contributed by atoms with E-state index in [1.165, 1.54) is 108 Å². The number of hydrogen-bond acceptors (Lipinski definition) is 1. The Balaban J connectivity index is 1.08. The molecule has 0 saturated carbocycles. The first kappa shape index (κ1) is 33.9. The minimum Gasteiger partial charge on any atom is -0.310 e. The highest BCUT2D eigenvalue weighted by Crippen LogP contribution is 2.48. The molecule has 1 nitrogen and oxygen atoms in total. The highest BCUT2D eigenvalue weighted by Gasteiger charge is 2.22. The molecule has 61 heavy (non-hydrogen) atoms. The molecule has 13 aromatic rings. The minimum absolute atomic E-state index is 1.11. The summed E-state index contributed by atoms with van der Waals surface area (Å²) in [6.45, 7) is 0. The van der Waals surface area contributed by atoms with Crippen molar-refractivity contribution in [3.63, 3.8) is 0 Å². The Morgan fingerprint density at radius 1 is 0.230 bits per heavy atom. The van der Waals surface area contributed by atoms with E-state index in [2.05, 4.69) is 229 Å². The first-order valence-corrected chi connectivity index (χ1v) is 21.2. The smallest absolute Gasteiger partial charge is 0.0546 e. The molecule has 0 aliphatic rings. The van der Waals surface area contributed by atoms with Gasteiger partial charge in [0.1, 0.15) is 0 Å². The van der Waals surface area contributed by atoms with Gasteiger partial charge in [0.05, 0.1) is 5.69 Å². The summed E-state index contributed by atoms with van der Waals surface area (Å²) in [5.41, 5.74) is 8.20. The van der Waals surface area contributed by atoms with Crippen LogP contribution < -0.4 is 4.90 Å². The van der Waals surface area contributed by atoms with Gasteiger partial charge in [0, 0.05) is 22.1 Å². The van der Waals surface area contributed by atoms with Crippen LogP contribution >= 0.6 is 0 Å². The molecule has 0 radical (unpaired) electrons. The monoisotopic (exact) mass is 771 g/mol. The van der Waals surface area contributed by atoms with Gasteiger partial charge in [0.15, 0.2) is 0 Å². The molecule has 0 aromatic heterocycles. The van der Waals surface area contributed by atoms with Crippen LogP contribution in [0.15, 0.2) is 224 Å². The van der Waals surface area contributed by atoms with Gasteiger partial charge in [0.25, 0.3) is 0 Å². The van der Waals surface area contributed by atoms with Crippen molar-refractivity contribution in [1.82, 2.24) is 0 Å². The number of hydrogen-bond donors (Lipinski definition) is 0. The molecule has 0 spiro atoms. The Bertz CT molecular complexity index is 3850. The highest BCUT2D eigenvalue weighted by molar-refractivity contribution is 6.38. The summed E-state index contributed by atoms with van der Waals surface area (Å²) in [5.74, 6) is 0. The van der Waals surface area contributed by atoms with Crippen LogP contribution in [0.5, 0.6) is 0 Å². The van der Waals surface area contributed by atoms with E-state index in [1.807, 2.05) is 0 Å². The second-order valence-electron chi connectivity index (χ2n) is 16.4. The van der Waals surface area contributed by atoms with Crippen LogP contribution in [-0.2, 0) is 0 Å². The molecule has 0 atom stereocenters. The first-order valence-electron chi connectivity index (χ1n) is 21.2. The van der Waals surface area contributed by atoms with Crippen LogP contribution in [0.1, 0.15) is 0 Å². The van der Waals surface area contributed by atoms with Crippen molar-refractivity contribution in [2.45, 2.75) is 0 Å². The van der Waals surface area contributed by atoms with E-state index < -0.39 is 0 Å². The Labute approximate surface area is 353 Å². The summed E-state index contributed by atoms with van der Waals surface area (Å²) >= 11 is 0. The van der Waals surface area contributed by atoms with E-state index >= 15 is 0 Å². The second kappa shape index (κ2) is 13.3. The van der Waals surface area contributed by atoms with Gasteiger partial charge >= 0.3 is 0 Å². The van der Waals surface area contributed by atoms with Gasteiger partial charge in [-0.25, -0.2) is 0 Å². The van der Waals surface area contributed by atoms with Crippen molar-refractivity contribution < 1.29 is 0 Å². The third-order valence-corrected chi connectivity index (χ3v) is 13.1. The van der Waals surface area contributed by atoms with Crippen LogP contribution in [-0.4, -0.2) is 0 Å². The summed E-state index contributed by atoms with van der Waals surface area (Å²) in [5, 5.41) is 20.3. The average Bonchev–Trinajstić information content (AvgIpc) is 3.33. The number of nitrogens with zero attached hydrogens (tertiary/aromatic N) is 1. The third kappa shape index (κ3) is 5.21. The van der Waals surface area contributed by atoms with Gasteiger partial charge in [-0.2, -0.15) is 0 Å². The van der Waals surface area contributed by atoms with Crippen molar-refractivity contribution in [3.8, 4) is 22.3 Å². The van der Waals surface area contributed by atoms with Gasteiger partial charge in [-0.15, -0.1) is 0 Å². The van der Waals surface area contributed by atoms with E-state index in [4.69, 9.17) is 0 Å². The molecule has 0 N–H and O–H groups in total. The lowest BCUT2D eigenvalue weighted by molar-refractivity contribution is 1.30. The third-order valence-electron chi connectivity index (χ3n) is 13.1. The molecule has 13 aromatic carbocycles. The lowest BCUT2D eigenvalue weighted by Gasteiger charge is -2.28. The predicted octanol–water partition coefficient (Wildman–Crippen LogP) is 17.2. The molecule has 1 heteroatoms. The lowest BCUT2D eigenvalue weighted by atomic mass is 9.87. The average molecular weight is 772 g/mol. The van der Waals surface area contributed by atoms with E-state index in [9.17, 15) is 0 Å². The number of benzene rings is 12. The lowest BCUT2D eigenvalue weighted by Crippen LogP contribution is -2.10. The molecule has 13 rings (SSSR count). The molecule has 0 heterocycles. The molecule has 0 unspecified atom stereocenters. The fourth-order valence-electron chi connectivity index (χ4n) is 10.3. The Kier molecular flexibility index (Phi) is 7.37. The molecule has 0 fully saturated rings. The van der Waals surface area contributed by atoms with E-state index in [0.29, 0.717) is 0 Å². The predicted molar refractivity (Wildman–Crippen MR) is 263 cm³/mol. The zero-order chi connectivity index (χ0) is 40.0. The topological polar surface area (TPSA) is 3.24 Å². The van der Waals surface area contributed by atoms with Crippen molar-refractivity contribution in [1.29, 1.82) is 0 Å². The normalized spacial score (nSPS) is 11.9. The Morgan fingerprint density at radius 2 is 0.672 bits per heavy atom. The molecule has 0 aliphatic carbocycles.